The van der Waals surface area contributed by atoms with Crippen molar-refractivity contribution in [3.63, 3.8) is 0 Å². The van der Waals surface area contributed by atoms with Gasteiger partial charge in [-0.3, -0.25) is 0 Å². The smallest absolute Gasteiger partial charge is 0.169 e. The van der Waals surface area contributed by atoms with Crippen LogP contribution in [0.5, 0.6) is 0 Å². The molecule has 1 aromatic heterocycles. The van der Waals surface area contributed by atoms with Gasteiger partial charge in [0.2, 0.25) is 0 Å². The van der Waals surface area contributed by atoms with Crippen LogP contribution in [0.2, 0.25) is 5.02 Å². The predicted octanol–water partition coefficient (Wildman–Crippen LogP) is 4.62. The monoisotopic (exact) mass is 299 g/mol. The van der Waals surface area contributed by atoms with Crippen LogP contribution in [0.15, 0.2) is 39.4 Å². The predicted molar refractivity (Wildman–Crippen MR) is 69.9 cm³/mol. The van der Waals surface area contributed by atoms with E-state index in [0.29, 0.717) is 6.54 Å². The van der Waals surface area contributed by atoms with Crippen LogP contribution in [-0.4, -0.2) is 0 Å². The van der Waals surface area contributed by atoms with Gasteiger partial charge in [0.1, 0.15) is 5.76 Å². The van der Waals surface area contributed by atoms with E-state index in [2.05, 4.69) is 21.2 Å². The van der Waals surface area contributed by atoms with Crippen molar-refractivity contribution in [2.24, 2.45) is 0 Å². The molecule has 0 aliphatic heterocycles. The van der Waals surface area contributed by atoms with Crippen LogP contribution in [0, 0.1) is 6.92 Å². The lowest BCUT2D eigenvalue weighted by molar-refractivity contribution is 0.495. The van der Waals surface area contributed by atoms with Crippen LogP contribution in [0.1, 0.15) is 11.3 Å². The van der Waals surface area contributed by atoms with Crippen molar-refractivity contribution in [3.05, 3.63) is 51.3 Å². The fourth-order valence-electron chi connectivity index (χ4n) is 1.40. The lowest BCUT2D eigenvalue weighted by atomic mass is 10.2. The summed E-state index contributed by atoms with van der Waals surface area (Å²) in [6.07, 6.45) is 0. The molecule has 2 aromatic rings. The minimum atomic E-state index is 0.620. The lowest BCUT2D eigenvalue weighted by Crippen LogP contribution is -1.98. The van der Waals surface area contributed by atoms with E-state index in [1.54, 1.807) is 0 Å². The lowest BCUT2D eigenvalue weighted by Gasteiger charge is -2.07. The Balaban J connectivity index is 2.07. The van der Waals surface area contributed by atoms with E-state index in [4.69, 9.17) is 16.0 Å². The molecule has 0 radical (unpaired) electrons. The van der Waals surface area contributed by atoms with Gasteiger partial charge in [0, 0.05) is 0 Å². The Kier molecular flexibility index (Phi) is 3.56. The molecule has 0 bridgehead atoms. The van der Waals surface area contributed by atoms with Gasteiger partial charge in [-0.15, -0.1) is 0 Å². The van der Waals surface area contributed by atoms with Gasteiger partial charge in [0.25, 0.3) is 0 Å². The molecule has 0 unspecified atom stereocenters. The summed E-state index contributed by atoms with van der Waals surface area (Å²) in [4.78, 5) is 0. The van der Waals surface area contributed by atoms with Crippen molar-refractivity contribution in [2.45, 2.75) is 13.5 Å². The standard InChI is InChI=1S/C12H11BrClNO/c1-8-2-4-10(14)11(6-8)15-7-9-3-5-12(13)16-9/h2-6,15H,7H2,1H3. The molecule has 0 saturated heterocycles. The molecule has 0 amide bonds. The molecule has 0 aliphatic carbocycles. The molecule has 0 atom stereocenters. The quantitative estimate of drug-likeness (QED) is 0.895. The highest BCUT2D eigenvalue weighted by Gasteiger charge is 2.02. The van der Waals surface area contributed by atoms with Gasteiger partial charge < -0.3 is 9.73 Å². The van der Waals surface area contributed by atoms with E-state index in [-0.39, 0.29) is 0 Å². The van der Waals surface area contributed by atoms with E-state index >= 15 is 0 Å². The summed E-state index contributed by atoms with van der Waals surface area (Å²) < 4.78 is 6.12. The summed E-state index contributed by atoms with van der Waals surface area (Å²) >= 11 is 9.33. The summed E-state index contributed by atoms with van der Waals surface area (Å²) in [5.74, 6) is 0.865. The molecule has 1 aromatic carbocycles. The minimum absolute atomic E-state index is 0.620. The van der Waals surface area contributed by atoms with Crippen molar-refractivity contribution >= 4 is 33.2 Å². The second-order valence-corrected chi connectivity index (χ2v) is 4.73. The number of hydrogen-bond donors (Lipinski definition) is 1. The number of hydrogen-bond acceptors (Lipinski definition) is 2. The van der Waals surface area contributed by atoms with Gasteiger partial charge in [-0.2, -0.15) is 0 Å². The van der Waals surface area contributed by atoms with Crippen LogP contribution >= 0.6 is 27.5 Å². The van der Waals surface area contributed by atoms with Gasteiger partial charge in [0.05, 0.1) is 17.3 Å². The molecule has 1 heterocycles. The molecule has 0 spiro atoms. The maximum absolute atomic E-state index is 6.07. The zero-order valence-corrected chi connectivity index (χ0v) is 11.1. The molecule has 0 saturated carbocycles. The SMILES string of the molecule is Cc1ccc(Cl)c(NCc2ccc(Br)o2)c1. The van der Waals surface area contributed by atoms with Crippen LogP contribution in [0.3, 0.4) is 0 Å². The summed E-state index contributed by atoms with van der Waals surface area (Å²) in [5.41, 5.74) is 2.10. The van der Waals surface area contributed by atoms with Crippen molar-refractivity contribution < 1.29 is 4.42 Å². The Morgan fingerprint density at radius 2 is 2.12 bits per heavy atom. The second kappa shape index (κ2) is 4.93. The minimum Gasteiger partial charge on any atom is -0.452 e. The molecule has 2 rings (SSSR count). The second-order valence-electron chi connectivity index (χ2n) is 3.54. The molecule has 0 aliphatic rings. The number of anilines is 1. The highest BCUT2D eigenvalue weighted by Crippen LogP contribution is 2.24. The zero-order chi connectivity index (χ0) is 11.5. The first-order valence-electron chi connectivity index (χ1n) is 4.89. The van der Waals surface area contributed by atoms with Crippen molar-refractivity contribution in [3.8, 4) is 0 Å². The summed E-state index contributed by atoms with van der Waals surface area (Å²) in [7, 11) is 0. The van der Waals surface area contributed by atoms with Crippen LogP contribution in [0.25, 0.3) is 0 Å². The largest absolute Gasteiger partial charge is 0.452 e. The molecule has 2 nitrogen and oxygen atoms in total. The molecule has 4 heteroatoms. The van der Waals surface area contributed by atoms with Crippen molar-refractivity contribution in [1.82, 2.24) is 0 Å². The number of rotatable bonds is 3. The van der Waals surface area contributed by atoms with Gasteiger partial charge >= 0.3 is 0 Å². The zero-order valence-electron chi connectivity index (χ0n) is 8.76. The molecule has 0 fully saturated rings. The first-order chi connectivity index (χ1) is 7.65. The molecule has 1 N–H and O–H groups in total. The average molecular weight is 301 g/mol. The third-order valence-electron chi connectivity index (χ3n) is 2.20. The Labute approximate surface area is 108 Å². The highest BCUT2D eigenvalue weighted by molar-refractivity contribution is 9.10. The molecular formula is C12H11BrClNO. The maximum Gasteiger partial charge on any atom is 0.169 e. The molecule has 84 valence electrons. The van der Waals surface area contributed by atoms with Gasteiger partial charge in [-0.25, -0.2) is 0 Å². The highest BCUT2D eigenvalue weighted by atomic mass is 79.9. The van der Waals surface area contributed by atoms with Gasteiger partial charge in [-0.05, 0) is 52.7 Å². The first kappa shape index (κ1) is 11.6. The van der Waals surface area contributed by atoms with E-state index in [1.807, 2.05) is 37.3 Å². The maximum atomic E-state index is 6.07. The number of nitrogens with one attached hydrogen (secondary N) is 1. The Bertz CT molecular complexity index is 496. The van der Waals surface area contributed by atoms with E-state index < -0.39 is 0 Å². The third-order valence-corrected chi connectivity index (χ3v) is 2.96. The number of halogens is 2. The molecular weight excluding hydrogens is 289 g/mol. The topological polar surface area (TPSA) is 25.2 Å². The van der Waals surface area contributed by atoms with Crippen molar-refractivity contribution in [2.75, 3.05) is 5.32 Å². The summed E-state index contributed by atoms with van der Waals surface area (Å²) in [6, 6.07) is 9.67. The van der Waals surface area contributed by atoms with Crippen molar-refractivity contribution in [1.29, 1.82) is 0 Å². The van der Waals surface area contributed by atoms with E-state index in [9.17, 15) is 0 Å². The average Bonchev–Trinajstić information content (AvgIpc) is 2.66. The number of aryl methyl sites for hydroxylation is 1. The van der Waals surface area contributed by atoms with Gasteiger partial charge in [0.15, 0.2) is 4.67 Å². The number of furan rings is 1. The summed E-state index contributed by atoms with van der Waals surface area (Å²) in [6.45, 7) is 2.65. The fourth-order valence-corrected chi connectivity index (χ4v) is 1.93. The third kappa shape index (κ3) is 2.80. The van der Waals surface area contributed by atoms with Gasteiger partial charge in [-0.1, -0.05) is 17.7 Å². The number of benzene rings is 1. The van der Waals surface area contributed by atoms with Crippen LogP contribution < -0.4 is 5.32 Å². The molecule has 16 heavy (non-hydrogen) atoms. The van der Waals surface area contributed by atoms with E-state index in [0.717, 1.165) is 21.1 Å². The van der Waals surface area contributed by atoms with Crippen LogP contribution in [0.4, 0.5) is 5.69 Å². The fraction of sp³-hybridized carbons (Fsp3) is 0.167. The normalized spacial score (nSPS) is 10.4. The van der Waals surface area contributed by atoms with E-state index in [1.165, 1.54) is 5.56 Å². The summed E-state index contributed by atoms with van der Waals surface area (Å²) in [5, 5.41) is 3.96. The Hall–Kier alpha value is -0.930. The Morgan fingerprint density at radius 1 is 1.31 bits per heavy atom. The van der Waals surface area contributed by atoms with Crippen LogP contribution in [-0.2, 0) is 6.54 Å². The first-order valence-corrected chi connectivity index (χ1v) is 6.06. The Morgan fingerprint density at radius 3 is 2.81 bits per heavy atom.